The van der Waals surface area contributed by atoms with Gasteiger partial charge in [0, 0.05) is 6.54 Å². The Bertz CT molecular complexity index is 393. The molecule has 0 saturated heterocycles. The third kappa shape index (κ3) is 4.87. The highest BCUT2D eigenvalue weighted by atomic mass is 15.1. The Hall–Kier alpha value is -1.37. The van der Waals surface area contributed by atoms with Crippen molar-refractivity contribution in [2.45, 2.75) is 19.9 Å². The highest BCUT2D eigenvalue weighted by molar-refractivity contribution is 5.37. The van der Waals surface area contributed by atoms with E-state index in [9.17, 15) is 0 Å². The van der Waals surface area contributed by atoms with Crippen molar-refractivity contribution in [3.05, 3.63) is 35.4 Å². The summed E-state index contributed by atoms with van der Waals surface area (Å²) in [5.74, 6) is 0. The number of benzene rings is 1. The van der Waals surface area contributed by atoms with Crippen LogP contribution in [0.15, 0.2) is 24.3 Å². The summed E-state index contributed by atoms with van der Waals surface area (Å²) in [5.41, 5.74) is 1.93. The fraction of sp³-hybridized carbons (Fsp3) is 0.533. The highest BCUT2D eigenvalue weighted by Crippen LogP contribution is 2.10. The quantitative estimate of drug-likeness (QED) is 0.738. The molecule has 1 aromatic rings. The van der Waals surface area contributed by atoms with E-state index in [0.717, 1.165) is 43.7 Å². The maximum Gasteiger partial charge on any atom is 0.0995 e. The Morgan fingerprint density at radius 2 is 1.89 bits per heavy atom. The van der Waals surface area contributed by atoms with E-state index in [1.807, 2.05) is 24.3 Å². The molecule has 0 heterocycles. The van der Waals surface area contributed by atoms with Crippen LogP contribution >= 0.6 is 0 Å². The molecule has 0 bridgehead atoms. The summed E-state index contributed by atoms with van der Waals surface area (Å²) in [6.07, 6.45) is 1.16. The topological polar surface area (TPSA) is 30.3 Å². The molecule has 3 heteroatoms. The molecule has 0 fully saturated rings. The van der Waals surface area contributed by atoms with Gasteiger partial charge in [-0.05, 0) is 51.8 Å². The average Bonchev–Trinajstić information content (AvgIpc) is 2.37. The second-order valence-electron chi connectivity index (χ2n) is 4.79. The number of hydrogen-bond donors (Lipinski definition) is 0. The number of rotatable bonds is 7. The Morgan fingerprint density at radius 3 is 2.50 bits per heavy atom. The third-order valence-electron chi connectivity index (χ3n) is 3.06. The van der Waals surface area contributed by atoms with Crippen molar-refractivity contribution in [3.63, 3.8) is 0 Å². The van der Waals surface area contributed by atoms with Crippen molar-refractivity contribution in [2.75, 3.05) is 33.7 Å². The zero-order chi connectivity index (χ0) is 13.4. The molecule has 0 atom stereocenters. The van der Waals surface area contributed by atoms with Gasteiger partial charge in [-0.15, -0.1) is 0 Å². The molecular formula is C15H23N3. The molecule has 1 aromatic carbocycles. The summed E-state index contributed by atoms with van der Waals surface area (Å²) >= 11 is 0. The van der Waals surface area contributed by atoms with Crippen molar-refractivity contribution in [1.29, 1.82) is 5.26 Å². The minimum Gasteiger partial charge on any atom is -0.309 e. The molecule has 0 radical (unpaired) electrons. The monoisotopic (exact) mass is 245 g/mol. The molecule has 0 aromatic heterocycles. The standard InChI is InChI=1S/C15H23N3/c1-4-18(11-7-10-17(2)3)13-15-9-6-5-8-14(15)12-16/h5-6,8-9H,4,7,10-11,13H2,1-3H3. The van der Waals surface area contributed by atoms with Crippen LogP contribution in [0.25, 0.3) is 0 Å². The van der Waals surface area contributed by atoms with Crippen LogP contribution in [-0.2, 0) is 6.54 Å². The molecular weight excluding hydrogens is 222 g/mol. The van der Waals surface area contributed by atoms with E-state index in [-0.39, 0.29) is 0 Å². The van der Waals surface area contributed by atoms with Gasteiger partial charge in [-0.25, -0.2) is 0 Å². The lowest BCUT2D eigenvalue weighted by atomic mass is 10.1. The van der Waals surface area contributed by atoms with Crippen molar-refractivity contribution in [1.82, 2.24) is 9.80 Å². The van der Waals surface area contributed by atoms with E-state index in [2.05, 4.69) is 36.9 Å². The van der Waals surface area contributed by atoms with Crippen LogP contribution < -0.4 is 0 Å². The third-order valence-corrected chi connectivity index (χ3v) is 3.06. The minimum absolute atomic E-state index is 0.795. The molecule has 0 spiro atoms. The normalized spacial score (nSPS) is 10.9. The van der Waals surface area contributed by atoms with Gasteiger partial charge in [0.2, 0.25) is 0 Å². The molecule has 0 N–H and O–H groups in total. The smallest absolute Gasteiger partial charge is 0.0995 e. The summed E-state index contributed by atoms with van der Waals surface area (Å²) < 4.78 is 0. The lowest BCUT2D eigenvalue weighted by Crippen LogP contribution is -2.27. The molecule has 1 rings (SSSR count). The Kier molecular flexibility index (Phi) is 6.42. The van der Waals surface area contributed by atoms with Gasteiger partial charge in [0.05, 0.1) is 11.6 Å². The maximum atomic E-state index is 9.08. The van der Waals surface area contributed by atoms with Gasteiger partial charge in [-0.2, -0.15) is 5.26 Å². The summed E-state index contributed by atoms with van der Waals surface area (Å²) in [5, 5.41) is 9.08. The number of hydrogen-bond acceptors (Lipinski definition) is 3. The molecule has 0 saturated carbocycles. The molecule has 3 nitrogen and oxygen atoms in total. The molecule has 98 valence electrons. The van der Waals surface area contributed by atoms with E-state index in [1.54, 1.807) is 0 Å². The van der Waals surface area contributed by atoms with Gasteiger partial charge >= 0.3 is 0 Å². The summed E-state index contributed by atoms with van der Waals surface area (Å²) in [6.45, 7) is 6.25. The summed E-state index contributed by atoms with van der Waals surface area (Å²) in [4.78, 5) is 4.59. The van der Waals surface area contributed by atoms with Gasteiger partial charge < -0.3 is 4.90 Å². The fourth-order valence-electron chi connectivity index (χ4n) is 1.97. The SMILES string of the molecule is CCN(CCCN(C)C)Cc1ccccc1C#N. The Balaban J connectivity index is 2.55. The van der Waals surface area contributed by atoms with Gasteiger partial charge in [0.25, 0.3) is 0 Å². The number of nitriles is 1. The van der Waals surface area contributed by atoms with Crippen LogP contribution in [0, 0.1) is 11.3 Å². The van der Waals surface area contributed by atoms with Crippen LogP contribution in [0.2, 0.25) is 0 Å². The maximum absolute atomic E-state index is 9.08. The first-order chi connectivity index (χ1) is 8.67. The van der Waals surface area contributed by atoms with Crippen LogP contribution in [0.3, 0.4) is 0 Å². The van der Waals surface area contributed by atoms with E-state index in [0.29, 0.717) is 0 Å². The van der Waals surface area contributed by atoms with Crippen LogP contribution in [0.1, 0.15) is 24.5 Å². The Morgan fingerprint density at radius 1 is 1.17 bits per heavy atom. The van der Waals surface area contributed by atoms with Crippen LogP contribution in [-0.4, -0.2) is 43.5 Å². The fourth-order valence-corrected chi connectivity index (χ4v) is 1.97. The lowest BCUT2D eigenvalue weighted by Gasteiger charge is -2.22. The predicted octanol–water partition coefficient (Wildman–Crippen LogP) is 2.33. The molecule has 0 unspecified atom stereocenters. The van der Waals surface area contributed by atoms with Crippen molar-refractivity contribution in [2.24, 2.45) is 0 Å². The molecule has 18 heavy (non-hydrogen) atoms. The van der Waals surface area contributed by atoms with E-state index in [1.165, 1.54) is 0 Å². The largest absolute Gasteiger partial charge is 0.309 e. The minimum atomic E-state index is 0.795. The summed E-state index contributed by atoms with van der Waals surface area (Å²) in [7, 11) is 4.20. The summed E-state index contributed by atoms with van der Waals surface area (Å²) in [6, 6.07) is 10.1. The second kappa shape index (κ2) is 7.86. The highest BCUT2D eigenvalue weighted by Gasteiger charge is 2.07. The predicted molar refractivity (Wildman–Crippen MR) is 75.3 cm³/mol. The Labute approximate surface area is 111 Å². The van der Waals surface area contributed by atoms with Gasteiger partial charge in [0.1, 0.15) is 0 Å². The van der Waals surface area contributed by atoms with E-state index >= 15 is 0 Å². The molecule has 0 amide bonds. The van der Waals surface area contributed by atoms with Crippen LogP contribution in [0.5, 0.6) is 0 Å². The molecule has 0 aliphatic heterocycles. The zero-order valence-electron chi connectivity index (χ0n) is 11.7. The first kappa shape index (κ1) is 14.7. The van der Waals surface area contributed by atoms with E-state index in [4.69, 9.17) is 5.26 Å². The van der Waals surface area contributed by atoms with Crippen LogP contribution in [0.4, 0.5) is 0 Å². The van der Waals surface area contributed by atoms with Crippen molar-refractivity contribution >= 4 is 0 Å². The molecule has 0 aliphatic rings. The first-order valence-corrected chi connectivity index (χ1v) is 6.52. The average molecular weight is 245 g/mol. The first-order valence-electron chi connectivity index (χ1n) is 6.52. The number of nitrogens with zero attached hydrogens (tertiary/aromatic N) is 3. The lowest BCUT2D eigenvalue weighted by molar-refractivity contribution is 0.259. The van der Waals surface area contributed by atoms with Crippen molar-refractivity contribution in [3.8, 4) is 6.07 Å². The van der Waals surface area contributed by atoms with E-state index < -0.39 is 0 Å². The zero-order valence-corrected chi connectivity index (χ0v) is 11.7. The second-order valence-corrected chi connectivity index (χ2v) is 4.79. The van der Waals surface area contributed by atoms with Gasteiger partial charge in [-0.1, -0.05) is 25.1 Å². The molecule has 0 aliphatic carbocycles. The van der Waals surface area contributed by atoms with Crippen molar-refractivity contribution < 1.29 is 0 Å². The van der Waals surface area contributed by atoms with Gasteiger partial charge in [0.15, 0.2) is 0 Å². The van der Waals surface area contributed by atoms with Gasteiger partial charge in [-0.3, -0.25) is 4.90 Å².